The van der Waals surface area contributed by atoms with Gasteiger partial charge in [-0.2, -0.15) is 0 Å². The van der Waals surface area contributed by atoms with E-state index in [0.29, 0.717) is 17.3 Å². The predicted octanol–water partition coefficient (Wildman–Crippen LogP) is 12.7. The molecular weight excluding hydrogens is 588 g/mol. The van der Waals surface area contributed by atoms with Crippen LogP contribution >= 0.6 is 0 Å². The van der Waals surface area contributed by atoms with Crippen molar-refractivity contribution in [1.82, 2.24) is 0 Å². The number of allylic oxidation sites excluding steroid dienone is 4. The van der Waals surface area contributed by atoms with Gasteiger partial charge in [0.25, 0.3) is 0 Å². The first-order chi connectivity index (χ1) is 23.1. The van der Waals surface area contributed by atoms with Crippen LogP contribution < -0.4 is 0 Å². The second kappa shape index (κ2) is 19.3. The standard InChI is InChI=1S/C45H76O3/c1-7-8-9-10-11-13-16-22-37(46)23-17-14-12-15-18-24-43(47)48-38-29-31-44(5)36(33-38)25-26-39-41-28-27-40(35(4)21-19-20-34(2)3)45(41,6)32-30-42(39)44/h11,13,16,22,25,34-35,37-42,46H,7-10,12,14-15,17-21,23-24,26-33H2,1-6H3/b13-11-,22-16-/t35-,37+,38+,39+,40-,41+,42+,44+,45-/m1/s1. The Bertz CT molecular complexity index is 1050. The number of carbonyl (C=O) groups is 1. The third kappa shape index (κ3) is 10.6. The van der Waals surface area contributed by atoms with Gasteiger partial charge >= 0.3 is 5.97 Å². The van der Waals surface area contributed by atoms with Gasteiger partial charge in [0.2, 0.25) is 0 Å². The molecule has 0 aromatic rings. The first kappa shape index (κ1) is 39.4. The number of ether oxygens (including phenoxy) is 1. The fourth-order valence-corrected chi connectivity index (χ4v) is 11.1. The number of esters is 1. The molecule has 3 nitrogen and oxygen atoms in total. The summed E-state index contributed by atoms with van der Waals surface area (Å²) in [5.74, 6) is 5.18. The maximum atomic E-state index is 12.8. The molecule has 0 aliphatic heterocycles. The highest BCUT2D eigenvalue weighted by Crippen LogP contribution is 2.67. The molecule has 0 unspecified atom stereocenters. The van der Waals surface area contributed by atoms with Gasteiger partial charge in [0, 0.05) is 12.8 Å². The second-order valence-corrected chi connectivity index (χ2v) is 17.8. The molecule has 3 fully saturated rings. The Labute approximate surface area is 297 Å². The first-order valence-electron chi connectivity index (χ1n) is 21.0. The van der Waals surface area contributed by atoms with E-state index in [1.54, 1.807) is 5.57 Å². The van der Waals surface area contributed by atoms with Crippen molar-refractivity contribution in [1.29, 1.82) is 0 Å². The number of fused-ring (bicyclic) bond motifs is 5. The zero-order valence-corrected chi connectivity index (χ0v) is 32.3. The molecule has 0 aromatic heterocycles. The fourth-order valence-electron chi connectivity index (χ4n) is 11.1. The van der Waals surface area contributed by atoms with Crippen LogP contribution in [0.25, 0.3) is 0 Å². The van der Waals surface area contributed by atoms with Crippen LogP contribution in [0.5, 0.6) is 0 Å². The van der Waals surface area contributed by atoms with Crippen LogP contribution in [-0.2, 0) is 9.53 Å². The zero-order chi connectivity index (χ0) is 34.6. The van der Waals surface area contributed by atoms with Crippen LogP contribution in [0, 0.1) is 46.3 Å². The summed E-state index contributed by atoms with van der Waals surface area (Å²) in [4.78, 5) is 12.8. The summed E-state index contributed by atoms with van der Waals surface area (Å²) in [6, 6.07) is 0. The van der Waals surface area contributed by atoms with Crippen LogP contribution in [0.3, 0.4) is 0 Å². The fraction of sp³-hybridized carbons (Fsp3) is 0.844. The largest absolute Gasteiger partial charge is 0.462 e. The van der Waals surface area contributed by atoms with Gasteiger partial charge in [-0.15, -0.1) is 0 Å². The van der Waals surface area contributed by atoms with Crippen LogP contribution in [0.2, 0.25) is 0 Å². The van der Waals surface area contributed by atoms with Crippen LogP contribution in [0.15, 0.2) is 36.0 Å². The van der Waals surface area contributed by atoms with Gasteiger partial charge in [0.15, 0.2) is 0 Å². The molecule has 0 radical (unpaired) electrons. The molecule has 9 atom stereocenters. The molecule has 0 spiro atoms. The monoisotopic (exact) mass is 665 g/mol. The molecular formula is C45H76O3. The molecule has 0 amide bonds. The van der Waals surface area contributed by atoms with Crippen molar-refractivity contribution in [2.24, 2.45) is 46.3 Å². The lowest BCUT2D eigenvalue weighted by molar-refractivity contribution is -0.151. The van der Waals surface area contributed by atoms with Gasteiger partial charge in [0.05, 0.1) is 6.10 Å². The highest BCUT2D eigenvalue weighted by atomic mass is 16.5. The summed E-state index contributed by atoms with van der Waals surface area (Å²) in [7, 11) is 0. The Morgan fingerprint density at radius 3 is 2.48 bits per heavy atom. The SMILES string of the molecule is CCCCC/C=C\C=C/[C@H](O)CCCCCCCC(=O)O[C@H]1CC[C@@]2(C)C(=CC[C@H]3[C@@H]4CC[C@H]([C@H](C)CCCC(C)C)[C@@]4(C)CC[C@@H]32)C1. The highest BCUT2D eigenvalue weighted by Gasteiger charge is 2.59. The van der Waals surface area contributed by atoms with Crippen molar-refractivity contribution in [2.45, 2.75) is 195 Å². The van der Waals surface area contributed by atoms with Crippen LogP contribution in [0.4, 0.5) is 0 Å². The van der Waals surface area contributed by atoms with Crippen molar-refractivity contribution in [3.8, 4) is 0 Å². The molecule has 0 heterocycles. The van der Waals surface area contributed by atoms with Crippen molar-refractivity contribution >= 4 is 5.97 Å². The molecule has 0 saturated heterocycles. The Morgan fingerprint density at radius 2 is 1.69 bits per heavy atom. The van der Waals surface area contributed by atoms with Crippen LogP contribution in [-0.4, -0.2) is 23.3 Å². The van der Waals surface area contributed by atoms with Gasteiger partial charge in [-0.3, -0.25) is 4.79 Å². The zero-order valence-electron chi connectivity index (χ0n) is 32.3. The number of carbonyl (C=O) groups excluding carboxylic acids is 1. The van der Waals surface area contributed by atoms with E-state index in [1.807, 2.05) is 12.2 Å². The number of rotatable bonds is 20. The molecule has 4 aliphatic rings. The molecule has 48 heavy (non-hydrogen) atoms. The number of hydrogen-bond acceptors (Lipinski definition) is 3. The van der Waals surface area contributed by atoms with E-state index in [-0.39, 0.29) is 18.2 Å². The van der Waals surface area contributed by atoms with Crippen LogP contribution in [0.1, 0.15) is 183 Å². The van der Waals surface area contributed by atoms with E-state index in [2.05, 4.69) is 59.8 Å². The van der Waals surface area contributed by atoms with E-state index in [1.165, 1.54) is 77.0 Å². The van der Waals surface area contributed by atoms with Crippen molar-refractivity contribution in [3.05, 3.63) is 36.0 Å². The Morgan fingerprint density at radius 1 is 0.896 bits per heavy atom. The van der Waals surface area contributed by atoms with Crippen molar-refractivity contribution < 1.29 is 14.6 Å². The van der Waals surface area contributed by atoms with E-state index in [0.717, 1.165) is 93.3 Å². The lowest BCUT2D eigenvalue weighted by Crippen LogP contribution is -2.51. The molecule has 0 aromatic carbocycles. The number of hydrogen-bond donors (Lipinski definition) is 1. The van der Waals surface area contributed by atoms with Gasteiger partial charge in [0.1, 0.15) is 6.10 Å². The van der Waals surface area contributed by atoms with Gasteiger partial charge in [-0.05, 0) is 117 Å². The third-order valence-corrected chi connectivity index (χ3v) is 14.0. The van der Waals surface area contributed by atoms with Gasteiger partial charge in [-0.25, -0.2) is 0 Å². The third-order valence-electron chi connectivity index (χ3n) is 14.0. The maximum absolute atomic E-state index is 12.8. The van der Waals surface area contributed by atoms with E-state index in [4.69, 9.17) is 4.74 Å². The average Bonchev–Trinajstić information content (AvgIpc) is 3.41. The summed E-state index contributed by atoms with van der Waals surface area (Å²) in [6.07, 6.45) is 36.4. The van der Waals surface area contributed by atoms with Gasteiger partial charge in [-0.1, -0.05) is 135 Å². The second-order valence-electron chi connectivity index (χ2n) is 17.8. The van der Waals surface area contributed by atoms with E-state index in [9.17, 15) is 9.90 Å². The van der Waals surface area contributed by atoms with Gasteiger partial charge < -0.3 is 9.84 Å². The number of aliphatic hydroxyl groups excluding tert-OH is 1. The Hall–Kier alpha value is -1.35. The normalized spacial score (nSPS) is 33.0. The highest BCUT2D eigenvalue weighted by molar-refractivity contribution is 5.69. The molecule has 0 bridgehead atoms. The van der Waals surface area contributed by atoms with E-state index >= 15 is 0 Å². The predicted molar refractivity (Wildman–Crippen MR) is 204 cm³/mol. The Kier molecular flexibility index (Phi) is 15.9. The minimum absolute atomic E-state index is 0.00846. The topological polar surface area (TPSA) is 46.5 Å². The molecule has 274 valence electrons. The number of unbranched alkanes of at least 4 members (excludes halogenated alkanes) is 7. The smallest absolute Gasteiger partial charge is 0.306 e. The maximum Gasteiger partial charge on any atom is 0.306 e. The number of aliphatic hydroxyl groups is 1. The molecule has 1 N–H and O–H groups in total. The molecule has 3 heteroatoms. The summed E-state index contributed by atoms with van der Waals surface area (Å²) in [5, 5.41) is 10.2. The molecule has 4 aliphatic carbocycles. The summed E-state index contributed by atoms with van der Waals surface area (Å²) in [5.41, 5.74) is 2.46. The molecule has 3 saturated carbocycles. The Balaban J connectivity index is 1.13. The lowest BCUT2D eigenvalue weighted by Gasteiger charge is -2.58. The minimum atomic E-state index is -0.353. The quantitative estimate of drug-likeness (QED) is 0.0610. The van der Waals surface area contributed by atoms with Crippen molar-refractivity contribution in [3.63, 3.8) is 0 Å². The summed E-state index contributed by atoms with van der Waals surface area (Å²) in [6.45, 7) is 14.8. The first-order valence-corrected chi connectivity index (χ1v) is 21.0. The summed E-state index contributed by atoms with van der Waals surface area (Å²) >= 11 is 0. The average molecular weight is 665 g/mol. The minimum Gasteiger partial charge on any atom is -0.462 e. The van der Waals surface area contributed by atoms with E-state index < -0.39 is 0 Å². The molecule has 4 rings (SSSR count). The van der Waals surface area contributed by atoms with Crippen molar-refractivity contribution in [2.75, 3.05) is 0 Å². The summed E-state index contributed by atoms with van der Waals surface area (Å²) < 4.78 is 6.10. The lowest BCUT2D eigenvalue weighted by atomic mass is 9.47.